The second kappa shape index (κ2) is 17.6. The Morgan fingerprint density at radius 1 is 0.522 bits per heavy atom. The Labute approximate surface area is 310 Å². The number of fused-ring (bicyclic) bond motifs is 2. The van der Waals surface area contributed by atoms with Gasteiger partial charge >= 0.3 is 26.2 Å². The largest absolute Gasteiger partial charge is 2.00 e. The molecule has 0 aliphatic rings. The molecule has 3 heteroatoms. The first-order chi connectivity index (χ1) is 20.3. The zero-order valence-corrected chi connectivity index (χ0v) is 32.7. The maximum Gasteiger partial charge on any atom is 2.00 e. The topological polar surface area (TPSA) is 0 Å². The Morgan fingerprint density at radius 2 is 0.826 bits per heavy atom. The quantitative estimate of drug-likeness (QED) is 0.174. The normalized spacial score (nSPS) is 10.8. The van der Waals surface area contributed by atoms with E-state index in [4.69, 9.17) is 0 Å². The molecular formula is C43H48Cl2Zr-4. The van der Waals surface area contributed by atoms with Crippen LogP contribution in [0.4, 0.5) is 0 Å². The SMILES string of the molecule is Cc1cc2c(-c3ccc(C(C)(C)C)cc3)cccc2[cH-]1.Cc1cc2c(-c3ccc(C(C)(C)C)cc3)cccc2[cH-]1.[CH2-]C[CH2-].[Cl-].[Cl-].[Zr+2]. The number of aryl methyl sites for hydroxylation is 2. The molecule has 0 aliphatic heterocycles. The molecule has 6 rings (SSSR count). The van der Waals surface area contributed by atoms with Gasteiger partial charge in [-0.25, -0.2) is 0 Å². The zero-order valence-electron chi connectivity index (χ0n) is 28.8. The fraction of sp³-hybridized carbons (Fsp3) is 0.256. The van der Waals surface area contributed by atoms with Gasteiger partial charge in [-0.2, -0.15) is 12.1 Å². The number of benzene rings is 4. The van der Waals surface area contributed by atoms with Crippen molar-refractivity contribution >= 4 is 21.5 Å². The molecule has 0 aromatic heterocycles. The molecule has 242 valence electrons. The van der Waals surface area contributed by atoms with Gasteiger partial charge in [0.25, 0.3) is 0 Å². The van der Waals surface area contributed by atoms with Crippen molar-refractivity contribution in [1.82, 2.24) is 0 Å². The Balaban J connectivity index is 0.000000400. The van der Waals surface area contributed by atoms with E-state index < -0.39 is 0 Å². The fourth-order valence-electron chi connectivity index (χ4n) is 5.57. The van der Waals surface area contributed by atoms with Crippen molar-refractivity contribution in [3.05, 3.63) is 145 Å². The minimum Gasteiger partial charge on any atom is -1.00 e. The van der Waals surface area contributed by atoms with Gasteiger partial charge < -0.3 is 45.1 Å². The minimum atomic E-state index is 0. The molecule has 0 N–H and O–H groups in total. The molecular weight excluding hydrogens is 679 g/mol. The van der Waals surface area contributed by atoms with Gasteiger partial charge in [-0.3, -0.25) is 0 Å². The average molecular weight is 727 g/mol. The number of hydrogen-bond donors (Lipinski definition) is 0. The molecule has 0 atom stereocenters. The molecule has 0 radical (unpaired) electrons. The predicted molar refractivity (Wildman–Crippen MR) is 192 cm³/mol. The summed E-state index contributed by atoms with van der Waals surface area (Å²) < 4.78 is 0. The van der Waals surface area contributed by atoms with Crippen molar-refractivity contribution in [3.8, 4) is 22.3 Å². The molecule has 0 bridgehead atoms. The molecule has 0 unspecified atom stereocenters. The van der Waals surface area contributed by atoms with Gasteiger partial charge in [0.15, 0.2) is 0 Å². The van der Waals surface area contributed by atoms with Crippen molar-refractivity contribution in [2.24, 2.45) is 0 Å². The zero-order chi connectivity index (χ0) is 31.4. The van der Waals surface area contributed by atoms with Gasteiger partial charge in [0.05, 0.1) is 0 Å². The van der Waals surface area contributed by atoms with Gasteiger partial charge in [-0.15, -0.1) is 69.1 Å². The number of rotatable bonds is 2. The molecule has 46 heavy (non-hydrogen) atoms. The van der Waals surface area contributed by atoms with Crippen LogP contribution in [0.25, 0.3) is 43.8 Å². The van der Waals surface area contributed by atoms with E-state index in [9.17, 15) is 0 Å². The van der Waals surface area contributed by atoms with E-state index in [-0.39, 0.29) is 61.8 Å². The summed E-state index contributed by atoms with van der Waals surface area (Å²) in [7, 11) is 0. The van der Waals surface area contributed by atoms with Gasteiger partial charge in [0.1, 0.15) is 0 Å². The summed E-state index contributed by atoms with van der Waals surface area (Å²) in [6.07, 6.45) is 0.750. The van der Waals surface area contributed by atoms with Crippen LogP contribution in [-0.4, -0.2) is 0 Å². The van der Waals surface area contributed by atoms with Crippen molar-refractivity contribution in [1.29, 1.82) is 0 Å². The summed E-state index contributed by atoms with van der Waals surface area (Å²) in [5.41, 5.74) is 11.1. The molecule has 0 aliphatic carbocycles. The molecule has 0 fully saturated rings. The van der Waals surface area contributed by atoms with Crippen LogP contribution >= 0.6 is 0 Å². The van der Waals surface area contributed by atoms with Crippen LogP contribution in [-0.2, 0) is 37.0 Å². The van der Waals surface area contributed by atoms with Crippen molar-refractivity contribution in [2.75, 3.05) is 0 Å². The third-order valence-corrected chi connectivity index (χ3v) is 7.91. The van der Waals surface area contributed by atoms with Crippen LogP contribution in [0.5, 0.6) is 0 Å². The van der Waals surface area contributed by atoms with Crippen molar-refractivity contribution < 1.29 is 51.0 Å². The van der Waals surface area contributed by atoms with Crippen molar-refractivity contribution in [3.63, 3.8) is 0 Å². The third kappa shape index (κ3) is 10.3. The summed E-state index contributed by atoms with van der Waals surface area (Å²) in [6, 6.07) is 40.2. The maximum atomic E-state index is 3.38. The Kier molecular flexibility index (Phi) is 15.9. The van der Waals surface area contributed by atoms with E-state index in [2.05, 4.69) is 178 Å². The summed E-state index contributed by atoms with van der Waals surface area (Å²) in [5, 5.41) is 5.38. The first kappa shape index (κ1) is 41.6. The molecule has 0 spiro atoms. The molecule has 0 saturated heterocycles. The molecule has 0 saturated carbocycles. The Hall–Kier alpha value is -2.44. The van der Waals surface area contributed by atoms with Gasteiger partial charge in [-0.05, 0) is 33.1 Å². The molecule has 6 aromatic carbocycles. The minimum absolute atomic E-state index is 0. The molecule has 6 aromatic rings. The van der Waals surface area contributed by atoms with Gasteiger partial charge in [-0.1, -0.05) is 127 Å². The number of hydrogen-bond acceptors (Lipinski definition) is 0. The summed E-state index contributed by atoms with van der Waals surface area (Å²) >= 11 is 0. The van der Waals surface area contributed by atoms with E-state index in [1.165, 1.54) is 66.1 Å². The van der Waals surface area contributed by atoms with Crippen LogP contribution in [0.1, 0.15) is 70.2 Å². The summed E-state index contributed by atoms with van der Waals surface area (Å²) in [6.45, 7) is 24.6. The smallest absolute Gasteiger partial charge is 1.00 e. The second-order valence-corrected chi connectivity index (χ2v) is 13.7. The van der Waals surface area contributed by atoms with Gasteiger partial charge in [0.2, 0.25) is 0 Å². The summed E-state index contributed by atoms with van der Waals surface area (Å²) in [5.74, 6) is 0. The Morgan fingerprint density at radius 3 is 1.11 bits per heavy atom. The van der Waals surface area contributed by atoms with Crippen LogP contribution in [0, 0.1) is 27.7 Å². The average Bonchev–Trinajstić information content (AvgIpc) is 3.53. The van der Waals surface area contributed by atoms with Crippen LogP contribution < -0.4 is 24.8 Å². The molecule has 0 heterocycles. The molecule has 0 amide bonds. The van der Waals surface area contributed by atoms with Crippen LogP contribution in [0.2, 0.25) is 0 Å². The van der Waals surface area contributed by atoms with Crippen LogP contribution in [0.15, 0.2) is 109 Å². The van der Waals surface area contributed by atoms with E-state index >= 15 is 0 Å². The van der Waals surface area contributed by atoms with E-state index in [0.717, 1.165) is 6.42 Å². The first-order valence-corrected chi connectivity index (χ1v) is 15.4. The van der Waals surface area contributed by atoms with E-state index in [1.807, 2.05) is 0 Å². The number of halogens is 2. The monoisotopic (exact) mass is 724 g/mol. The van der Waals surface area contributed by atoms with Crippen molar-refractivity contribution in [2.45, 2.75) is 72.6 Å². The third-order valence-electron chi connectivity index (χ3n) is 7.91. The van der Waals surface area contributed by atoms with Crippen LogP contribution in [0.3, 0.4) is 0 Å². The van der Waals surface area contributed by atoms with E-state index in [1.54, 1.807) is 0 Å². The fourth-order valence-corrected chi connectivity index (χ4v) is 5.57. The maximum absolute atomic E-state index is 3.38. The Bertz CT molecular complexity index is 1640. The van der Waals surface area contributed by atoms with E-state index in [0.29, 0.717) is 0 Å². The molecule has 0 nitrogen and oxygen atoms in total. The summed E-state index contributed by atoms with van der Waals surface area (Å²) in [4.78, 5) is 0. The first-order valence-electron chi connectivity index (χ1n) is 15.4. The second-order valence-electron chi connectivity index (χ2n) is 13.7. The van der Waals surface area contributed by atoms with Gasteiger partial charge in [0, 0.05) is 0 Å². The standard InChI is InChI=1S/2C20H21.C3H6.2ClH.Zr/c2*1-14-12-16-6-5-7-18(19(16)13-14)15-8-10-17(11-9-15)20(2,3)4;1-3-2;;;/h2*5-13H,1-4H3;1-3H2;2*1H;/q2*-1;-2;;;+2/p-2. The predicted octanol–water partition coefficient (Wildman–Crippen LogP) is 6.71.